The summed E-state index contributed by atoms with van der Waals surface area (Å²) in [5.74, 6) is 2.17. The van der Waals surface area contributed by atoms with E-state index in [1.807, 2.05) is 17.2 Å². The molecular formula is C19H31N3O5S. The number of hydrogen-bond donors (Lipinski definition) is 2. The highest BCUT2D eigenvalue weighted by Gasteiger charge is 2.30. The van der Waals surface area contributed by atoms with Gasteiger partial charge in [-0.05, 0) is 31.2 Å². The van der Waals surface area contributed by atoms with Crippen molar-refractivity contribution in [1.29, 1.82) is 0 Å². The minimum absolute atomic E-state index is 0.0265. The Morgan fingerprint density at radius 2 is 1.86 bits per heavy atom. The smallest absolute Gasteiger partial charge is 0.290 e. The van der Waals surface area contributed by atoms with Gasteiger partial charge < -0.3 is 19.5 Å². The molecule has 0 saturated carbocycles. The second-order valence-electron chi connectivity index (χ2n) is 6.93. The molecule has 0 unspecified atom stereocenters. The predicted molar refractivity (Wildman–Crippen MR) is 109 cm³/mol. The lowest BCUT2D eigenvalue weighted by Gasteiger charge is -2.42. The number of rotatable bonds is 6. The van der Waals surface area contributed by atoms with E-state index in [1.54, 1.807) is 17.8 Å². The maximum atomic E-state index is 12.6. The van der Waals surface area contributed by atoms with Crippen LogP contribution in [0.1, 0.15) is 29.2 Å². The van der Waals surface area contributed by atoms with Gasteiger partial charge in [0.15, 0.2) is 5.76 Å². The van der Waals surface area contributed by atoms with E-state index < -0.39 is 0 Å². The highest BCUT2D eigenvalue weighted by molar-refractivity contribution is 7.97. The lowest BCUT2D eigenvalue weighted by molar-refractivity contribution is -0.122. The number of piperazine rings is 1. The van der Waals surface area contributed by atoms with Crippen molar-refractivity contribution in [3.05, 3.63) is 23.7 Å². The summed E-state index contributed by atoms with van der Waals surface area (Å²) >= 11 is 1.69. The van der Waals surface area contributed by atoms with E-state index in [2.05, 4.69) is 9.80 Å². The second-order valence-corrected chi connectivity index (χ2v) is 7.79. The molecule has 0 atom stereocenters. The Labute approximate surface area is 170 Å². The first-order valence-electron chi connectivity index (χ1n) is 9.65. The first-order valence-corrected chi connectivity index (χ1v) is 11.0. The Balaban J connectivity index is 0.000000878. The number of furan rings is 1. The number of β-amino-alcohol motifs (C(OH)–C–C–N with tert-alkyl or cyclic N) is 1. The molecule has 1 amide bonds. The number of piperidine rings is 1. The van der Waals surface area contributed by atoms with E-state index in [0.717, 1.165) is 70.2 Å². The third-order valence-corrected chi connectivity index (χ3v) is 5.82. The number of hydrogen-bond acceptors (Lipinski definition) is 7. The molecule has 0 bridgehead atoms. The Morgan fingerprint density at radius 1 is 1.21 bits per heavy atom. The molecule has 2 N–H and O–H groups in total. The van der Waals surface area contributed by atoms with Gasteiger partial charge in [-0.3, -0.25) is 19.4 Å². The molecule has 0 aliphatic carbocycles. The van der Waals surface area contributed by atoms with Crippen molar-refractivity contribution in [3.8, 4) is 0 Å². The average Bonchev–Trinajstić information content (AvgIpc) is 3.18. The van der Waals surface area contributed by atoms with Crippen molar-refractivity contribution in [2.24, 2.45) is 0 Å². The van der Waals surface area contributed by atoms with Crippen LogP contribution < -0.4 is 0 Å². The molecule has 2 saturated heterocycles. The fraction of sp³-hybridized carbons (Fsp3) is 0.684. The SMILES string of the molecule is CSCc1ccc(C(=O)N2CCC(N3CCN(CCO)CC3)CC2)o1.O=CO. The van der Waals surface area contributed by atoms with E-state index in [9.17, 15) is 4.79 Å². The summed E-state index contributed by atoms with van der Waals surface area (Å²) in [5, 5.41) is 15.9. The van der Waals surface area contributed by atoms with Crippen molar-refractivity contribution in [3.63, 3.8) is 0 Å². The van der Waals surface area contributed by atoms with Crippen LogP contribution in [0.5, 0.6) is 0 Å². The van der Waals surface area contributed by atoms with E-state index >= 15 is 0 Å². The van der Waals surface area contributed by atoms with E-state index in [-0.39, 0.29) is 19.0 Å². The van der Waals surface area contributed by atoms with Crippen LogP contribution in [-0.4, -0.2) is 102 Å². The number of amides is 1. The number of carbonyl (C=O) groups excluding carboxylic acids is 1. The Bertz CT molecular complexity index is 596. The Morgan fingerprint density at radius 3 is 2.43 bits per heavy atom. The summed E-state index contributed by atoms with van der Waals surface area (Å²) < 4.78 is 5.67. The topological polar surface area (TPSA) is 97.5 Å². The summed E-state index contributed by atoms with van der Waals surface area (Å²) in [6, 6.07) is 4.28. The zero-order valence-corrected chi connectivity index (χ0v) is 17.3. The van der Waals surface area contributed by atoms with Crippen LogP contribution in [0, 0.1) is 0 Å². The highest BCUT2D eigenvalue weighted by Crippen LogP contribution is 2.21. The number of aliphatic hydroxyl groups is 1. The maximum absolute atomic E-state index is 12.6. The number of nitrogens with zero attached hydrogens (tertiary/aromatic N) is 3. The standard InChI is InChI=1S/C18H29N3O3S.CH2O2/c1-25-14-16-2-3-17(24-16)18(23)21-6-4-15(5-7-21)20-10-8-19(9-11-20)12-13-22;2-1-3/h2-3,15,22H,4-14H2,1H3;1H,(H,2,3). The molecule has 2 aliphatic rings. The minimum atomic E-state index is -0.250. The van der Waals surface area contributed by atoms with Gasteiger partial charge in [-0.1, -0.05) is 0 Å². The molecule has 8 nitrogen and oxygen atoms in total. The highest BCUT2D eigenvalue weighted by atomic mass is 32.2. The van der Waals surface area contributed by atoms with Gasteiger partial charge in [0, 0.05) is 51.9 Å². The fourth-order valence-electron chi connectivity index (χ4n) is 3.80. The van der Waals surface area contributed by atoms with Crippen molar-refractivity contribution in [1.82, 2.24) is 14.7 Å². The van der Waals surface area contributed by atoms with Gasteiger partial charge >= 0.3 is 0 Å². The quantitative estimate of drug-likeness (QED) is 0.668. The minimum Gasteiger partial charge on any atom is -0.483 e. The van der Waals surface area contributed by atoms with E-state index in [1.165, 1.54) is 0 Å². The van der Waals surface area contributed by atoms with Crippen LogP contribution in [-0.2, 0) is 10.5 Å². The normalized spacial score (nSPS) is 19.1. The monoisotopic (exact) mass is 413 g/mol. The molecule has 0 radical (unpaired) electrons. The van der Waals surface area contributed by atoms with Gasteiger partial charge in [0.1, 0.15) is 5.76 Å². The number of carbonyl (C=O) groups is 2. The van der Waals surface area contributed by atoms with Crippen molar-refractivity contribution in [2.45, 2.75) is 24.6 Å². The van der Waals surface area contributed by atoms with Gasteiger partial charge in [0.25, 0.3) is 12.4 Å². The lowest BCUT2D eigenvalue weighted by atomic mass is 10.0. The number of carboxylic acid groups (broad SMARTS) is 1. The van der Waals surface area contributed by atoms with E-state index in [4.69, 9.17) is 19.4 Å². The second kappa shape index (κ2) is 12.1. The summed E-state index contributed by atoms with van der Waals surface area (Å²) in [7, 11) is 0. The van der Waals surface area contributed by atoms with Crippen LogP contribution in [0.3, 0.4) is 0 Å². The summed E-state index contributed by atoms with van der Waals surface area (Å²) in [4.78, 5) is 27.8. The Kier molecular flexibility index (Phi) is 9.83. The Hall–Kier alpha value is -1.55. The lowest BCUT2D eigenvalue weighted by Crippen LogP contribution is -2.54. The molecule has 0 aromatic carbocycles. The van der Waals surface area contributed by atoms with Crippen LogP contribution >= 0.6 is 11.8 Å². The third kappa shape index (κ3) is 6.51. The van der Waals surface area contributed by atoms with Crippen LogP contribution in [0.4, 0.5) is 0 Å². The average molecular weight is 414 g/mol. The third-order valence-electron chi connectivity index (χ3n) is 5.25. The first-order chi connectivity index (χ1) is 13.6. The zero-order chi connectivity index (χ0) is 20.4. The maximum Gasteiger partial charge on any atom is 0.290 e. The fourth-order valence-corrected chi connectivity index (χ4v) is 4.24. The van der Waals surface area contributed by atoms with Crippen LogP contribution in [0.15, 0.2) is 16.5 Å². The molecule has 158 valence electrons. The molecule has 2 fully saturated rings. The van der Waals surface area contributed by atoms with Gasteiger partial charge in [0.2, 0.25) is 0 Å². The molecule has 0 spiro atoms. The van der Waals surface area contributed by atoms with Crippen molar-refractivity contribution < 1.29 is 24.2 Å². The molecule has 3 rings (SSSR count). The summed E-state index contributed by atoms with van der Waals surface area (Å²) in [5.41, 5.74) is 0. The largest absolute Gasteiger partial charge is 0.483 e. The number of likely N-dealkylation sites (tertiary alicyclic amines) is 1. The predicted octanol–water partition coefficient (Wildman–Crippen LogP) is 1.06. The number of aliphatic hydroxyl groups excluding tert-OH is 1. The van der Waals surface area contributed by atoms with Gasteiger partial charge in [-0.2, -0.15) is 11.8 Å². The summed E-state index contributed by atoms with van der Waals surface area (Å²) in [6.45, 7) is 6.57. The van der Waals surface area contributed by atoms with Crippen LogP contribution in [0.2, 0.25) is 0 Å². The molecule has 3 heterocycles. The molecular weight excluding hydrogens is 382 g/mol. The number of thioether (sulfide) groups is 1. The summed E-state index contributed by atoms with van der Waals surface area (Å²) in [6.07, 6.45) is 4.09. The molecule has 1 aromatic heterocycles. The first kappa shape index (κ1) is 22.7. The van der Waals surface area contributed by atoms with Crippen molar-refractivity contribution in [2.75, 3.05) is 58.7 Å². The van der Waals surface area contributed by atoms with Crippen molar-refractivity contribution >= 4 is 24.1 Å². The zero-order valence-electron chi connectivity index (χ0n) is 16.5. The van der Waals surface area contributed by atoms with Gasteiger partial charge in [-0.15, -0.1) is 0 Å². The molecule has 2 aliphatic heterocycles. The van der Waals surface area contributed by atoms with Gasteiger partial charge in [-0.25, -0.2) is 0 Å². The molecule has 9 heteroatoms. The van der Waals surface area contributed by atoms with Gasteiger partial charge in [0.05, 0.1) is 12.4 Å². The molecule has 1 aromatic rings. The van der Waals surface area contributed by atoms with E-state index in [0.29, 0.717) is 11.8 Å². The van der Waals surface area contributed by atoms with Crippen LogP contribution in [0.25, 0.3) is 0 Å². The molecule has 28 heavy (non-hydrogen) atoms.